The second-order valence-corrected chi connectivity index (χ2v) is 6.06. The van der Waals surface area contributed by atoms with Gasteiger partial charge in [0.25, 0.3) is 0 Å². The Kier molecular flexibility index (Phi) is 8.39. The first-order chi connectivity index (χ1) is 11.7. The van der Waals surface area contributed by atoms with Crippen LogP contribution in [0.25, 0.3) is 0 Å². The molecule has 0 aromatic heterocycles. The number of thiol groups is 1. The van der Waals surface area contributed by atoms with E-state index in [-0.39, 0.29) is 30.3 Å². The van der Waals surface area contributed by atoms with Gasteiger partial charge in [0, 0.05) is 5.75 Å². The first kappa shape index (κ1) is 20.9. The van der Waals surface area contributed by atoms with Crippen LogP contribution in [0.4, 0.5) is 0 Å². The Balaban J connectivity index is 2.47. The van der Waals surface area contributed by atoms with Crippen molar-refractivity contribution in [1.82, 2.24) is 10.6 Å². The van der Waals surface area contributed by atoms with Crippen LogP contribution in [0.15, 0.2) is 24.3 Å². The van der Waals surface area contributed by atoms with Gasteiger partial charge >= 0.3 is 0 Å². The molecule has 2 amide bonds. The molecule has 0 aliphatic rings. The van der Waals surface area contributed by atoms with E-state index in [9.17, 15) is 19.5 Å². The number of amides is 2. The molecule has 3 atom stereocenters. The topological polar surface area (TPSA) is 148 Å². The molecular formula is C16H24N4O4S. The molecule has 9 heteroatoms. The highest BCUT2D eigenvalue weighted by Gasteiger charge is 2.21. The number of Topliss-reactive ketones (excluding diaryl/α,β-unsaturated/α-hetero) is 1. The van der Waals surface area contributed by atoms with Gasteiger partial charge in [-0.15, -0.1) is 0 Å². The lowest BCUT2D eigenvalue weighted by Crippen LogP contribution is -2.51. The van der Waals surface area contributed by atoms with Gasteiger partial charge in [0.1, 0.15) is 5.75 Å². The maximum absolute atomic E-state index is 12.1. The van der Waals surface area contributed by atoms with E-state index in [2.05, 4.69) is 23.3 Å². The van der Waals surface area contributed by atoms with E-state index in [1.165, 1.54) is 19.1 Å². The number of primary amides is 1. The molecule has 0 fully saturated rings. The van der Waals surface area contributed by atoms with Crippen LogP contribution in [-0.2, 0) is 20.8 Å². The maximum atomic E-state index is 12.1. The van der Waals surface area contributed by atoms with E-state index >= 15 is 0 Å². The number of ketones is 1. The molecule has 0 spiro atoms. The van der Waals surface area contributed by atoms with Crippen LogP contribution < -0.4 is 22.1 Å². The summed E-state index contributed by atoms with van der Waals surface area (Å²) in [7, 11) is 0. The van der Waals surface area contributed by atoms with Crippen molar-refractivity contribution in [2.45, 2.75) is 31.5 Å². The van der Waals surface area contributed by atoms with E-state index in [0.717, 1.165) is 5.56 Å². The summed E-state index contributed by atoms with van der Waals surface area (Å²) in [6.45, 7) is 1.41. The smallest absolute Gasteiger partial charge is 0.237 e. The van der Waals surface area contributed by atoms with Crippen molar-refractivity contribution in [2.75, 3.05) is 12.3 Å². The summed E-state index contributed by atoms with van der Waals surface area (Å²) < 4.78 is 0. The standard InChI is InChI=1S/C16H24N4O4S/c1-9(14(22)7-19-13(8-25)15(18)23)20-16(24)12(17)6-10-2-4-11(21)5-3-10/h2-5,9,12-13,19,21,25H,6-8,17H2,1H3,(H2,18,23)(H,20,24)/t9-,12+,13+/m1/s1. The van der Waals surface area contributed by atoms with E-state index in [1.54, 1.807) is 12.1 Å². The SMILES string of the molecule is C[C@@H](NC(=O)[C@@H](N)Cc1ccc(O)cc1)C(=O)CN[C@@H](CS)C(N)=O. The Hall–Kier alpha value is -2.10. The minimum Gasteiger partial charge on any atom is -0.508 e. The van der Waals surface area contributed by atoms with Gasteiger partial charge in [-0.05, 0) is 31.0 Å². The highest BCUT2D eigenvalue weighted by Crippen LogP contribution is 2.10. The van der Waals surface area contributed by atoms with Crippen LogP contribution in [0.2, 0.25) is 0 Å². The van der Waals surface area contributed by atoms with Crippen LogP contribution in [0.1, 0.15) is 12.5 Å². The van der Waals surface area contributed by atoms with Crippen LogP contribution in [0.3, 0.4) is 0 Å². The zero-order chi connectivity index (χ0) is 19.0. The fraction of sp³-hybridized carbons (Fsp3) is 0.438. The molecule has 1 aromatic carbocycles. The van der Waals surface area contributed by atoms with Gasteiger partial charge in [0.05, 0.1) is 24.7 Å². The van der Waals surface area contributed by atoms with Crippen molar-refractivity contribution in [3.8, 4) is 5.75 Å². The molecule has 0 aliphatic heterocycles. The molecule has 1 rings (SSSR count). The minimum absolute atomic E-state index is 0.122. The summed E-state index contributed by atoms with van der Waals surface area (Å²) in [5.41, 5.74) is 11.8. The van der Waals surface area contributed by atoms with Crippen LogP contribution in [-0.4, -0.2) is 53.1 Å². The fourth-order valence-electron chi connectivity index (χ4n) is 2.01. The maximum Gasteiger partial charge on any atom is 0.237 e. The number of phenols is 1. The van der Waals surface area contributed by atoms with Crippen molar-refractivity contribution >= 4 is 30.2 Å². The number of nitrogens with two attached hydrogens (primary N) is 2. The number of nitrogens with one attached hydrogen (secondary N) is 2. The van der Waals surface area contributed by atoms with Gasteiger partial charge in [0.15, 0.2) is 5.78 Å². The second-order valence-electron chi connectivity index (χ2n) is 5.69. The quantitative estimate of drug-likeness (QED) is 0.283. The van der Waals surface area contributed by atoms with Gasteiger partial charge in [0.2, 0.25) is 11.8 Å². The highest BCUT2D eigenvalue weighted by atomic mass is 32.1. The third kappa shape index (κ3) is 7.12. The number of phenolic OH excluding ortho intramolecular Hbond substituents is 1. The second kappa shape index (κ2) is 10.0. The van der Waals surface area contributed by atoms with Gasteiger partial charge in [-0.25, -0.2) is 0 Å². The lowest BCUT2D eigenvalue weighted by molar-refractivity contribution is -0.128. The first-order valence-corrected chi connectivity index (χ1v) is 8.38. The first-order valence-electron chi connectivity index (χ1n) is 7.74. The predicted molar refractivity (Wildman–Crippen MR) is 97.2 cm³/mol. The predicted octanol–water partition coefficient (Wildman–Crippen LogP) is -1.29. The Bertz CT molecular complexity index is 609. The van der Waals surface area contributed by atoms with Crippen LogP contribution in [0, 0.1) is 0 Å². The minimum atomic E-state index is -0.830. The van der Waals surface area contributed by atoms with Gasteiger partial charge in [-0.2, -0.15) is 12.6 Å². The normalized spacial score (nSPS) is 14.4. The molecule has 0 aliphatic carbocycles. The molecule has 8 nitrogen and oxygen atoms in total. The number of hydrogen-bond acceptors (Lipinski definition) is 7. The molecule has 0 saturated heterocycles. The summed E-state index contributed by atoms with van der Waals surface area (Å²) in [6, 6.07) is 4.04. The van der Waals surface area contributed by atoms with Gasteiger partial charge in [-0.3, -0.25) is 19.7 Å². The van der Waals surface area contributed by atoms with E-state index in [0.29, 0.717) is 0 Å². The van der Waals surface area contributed by atoms with E-state index < -0.39 is 29.9 Å². The summed E-state index contributed by atoms with van der Waals surface area (Å²) in [5, 5.41) is 14.5. The molecule has 0 heterocycles. The molecule has 0 unspecified atom stereocenters. The van der Waals surface area contributed by atoms with Gasteiger partial charge < -0.3 is 21.9 Å². The van der Waals surface area contributed by atoms with E-state index in [1.807, 2.05) is 0 Å². The zero-order valence-corrected chi connectivity index (χ0v) is 14.8. The molecular weight excluding hydrogens is 344 g/mol. The summed E-state index contributed by atoms with van der Waals surface area (Å²) in [6.07, 6.45) is 0.272. The Labute approximate surface area is 151 Å². The van der Waals surface area contributed by atoms with Crippen LogP contribution >= 0.6 is 12.6 Å². The summed E-state index contributed by atoms with van der Waals surface area (Å²) in [5.74, 6) is -1.08. The monoisotopic (exact) mass is 368 g/mol. The Morgan fingerprint density at radius 3 is 2.36 bits per heavy atom. The Morgan fingerprint density at radius 2 is 1.84 bits per heavy atom. The molecule has 7 N–H and O–H groups in total. The molecule has 138 valence electrons. The number of hydrogen-bond donors (Lipinski definition) is 6. The average molecular weight is 368 g/mol. The third-order valence-corrected chi connectivity index (χ3v) is 3.98. The number of rotatable bonds is 10. The van der Waals surface area contributed by atoms with Crippen LogP contribution in [0.5, 0.6) is 5.75 Å². The van der Waals surface area contributed by atoms with Crippen molar-refractivity contribution < 1.29 is 19.5 Å². The fourth-order valence-corrected chi connectivity index (χ4v) is 2.32. The van der Waals surface area contributed by atoms with Crippen molar-refractivity contribution in [3.63, 3.8) is 0 Å². The average Bonchev–Trinajstić information content (AvgIpc) is 2.56. The lowest BCUT2D eigenvalue weighted by atomic mass is 10.1. The highest BCUT2D eigenvalue weighted by molar-refractivity contribution is 7.80. The molecule has 1 aromatic rings. The molecule has 0 bridgehead atoms. The van der Waals surface area contributed by atoms with Gasteiger partial charge in [-0.1, -0.05) is 12.1 Å². The molecule has 25 heavy (non-hydrogen) atoms. The largest absolute Gasteiger partial charge is 0.508 e. The summed E-state index contributed by atoms with van der Waals surface area (Å²) >= 11 is 3.97. The molecule has 0 saturated carbocycles. The summed E-state index contributed by atoms with van der Waals surface area (Å²) in [4.78, 5) is 35.2. The van der Waals surface area contributed by atoms with Crippen molar-refractivity contribution in [3.05, 3.63) is 29.8 Å². The number of benzene rings is 1. The third-order valence-electron chi connectivity index (χ3n) is 3.62. The lowest BCUT2D eigenvalue weighted by Gasteiger charge is -2.18. The zero-order valence-electron chi connectivity index (χ0n) is 13.9. The number of carbonyl (C=O) groups excluding carboxylic acids is 3. The number of carbonyl (C=O) groups is 3. The van der Waals surface area contributed by atoms with Crippen molar-refractivity contribution in [2.24, 2.45) is 11.5 Å². The Morgan fingerprint density at radius 1 is 1.24 bits per heavy atom. The number of aromatic hydroxyl groups is 1. The van der Waals surface area contributed by atoms with Crippen molar-refractivity contribution in [1.29, 1.82) is 0 Å². The van der Waals surface area contributed by atoms with E-state index in [4.69, 9.17) is 11.5 Å². The molecule has 0 radical (unpaired) electrons.